The van der Waals surface area contributed by atoms with Crippen molar-refractivity contribution in [1.82, 2.24) is 9.78 Å². The highest BCUT2D eigenvalue weighted by Crippen LogP contribution is 2.24. The Morgan fingerprint density at radius 1 is 1.32 bits per heavy atom. The standard InChI is InChI=1S/C14H16BrN3O/c1-8-5-6-11(15)12(7-8)16-14(19)13-9(2)17-18(4)10(13)3/h5-7H,1-4H3,(H,16,19). The van der Waals surface area contributed by atoms with Gasteiger partial charge in [-0.2, -0.15) is 5.10 Å². The lowest BCUT2D eigenvalue weighted by molar-refractivity contribution is 0.102. The van der Waals surface area contributed by atoms with Crippen LogP contribution in [0.3, 0.4) is 0 Å². The first-order valence-corrected chi connectivity index (χ1v) is 6.77. The van der Waals surface area contributed by atoms with Crippen LogP contribution in [0.25, 0.3) is 0 Å². The highest BCUT2D eigenvalue weighted by molar-refractivity contribution is 9.10. The SMILES string of the molecule is Cc1ccc(Br)c(NC(=O)c2c(C)nn(C)c2C)c1. The van der Waals surface area contributed by atoms with Crippen molar-refractivity contribution in [1.29, 1.82) is 0 Å². The molecule has 0 unspecified atom stereocenters. The van der Waals surface area contributed by atoms with Crippen LogP contribution in [0.4, 0.5) is 5.69 Å². The average molecular weight is 322 g/mol. The maximum Gasteiger partial charge on any atom is 0.259 e. The summed E-state index contributed by atoms with van der Waals surface area (Å²) in [6.45, 7) is 5.72. The first-order valence-electron chi connectivity index (χ1n) is 5.98. The highest BCUT2D eigenvalue weighted by Gasteiger charge is 2.18. The molecule has 1 amide bonds. The number of hydrogen-bond acceptors (Lipinski definition) is 2. The van der Waals surface area contributed by atoms with Crippen molar-refractivity contribution in [3.8, 4) is 0 Å². The van der Waals surface area contributed by atoms with Crippen LogP contribution < -0.4 is 5.32 Å². The number of carbonyl (C=O) groups is 1. The van der Waals surface area contributed by atoms with Crippen molar-refractivity contribution >= 4 is 27.5 Å². The van der Waals surface area contributed by atoms with Gasteiger partial charge in [-0.05, 0) is 54.4 Å². The second kappa shape index (κ2) is 5.17. The van der Waals surface area contributed by atoms with E-state index < -0.39 is 0 Å². The van der Waals surface area contributed by atoms with E-state index in [1.54, 1.807) is 4.68 Å². The number of aryl methyl sites for hydroxylation is 3. The maximum absolute atomic E-state index is 12.3. The number of nitrogens with zero attached hydrogens (tertiary/aromatic N) is 2. The minimum atomic E-state index is -0.130. The molecule has 5 heteroatoms. The van der Waals surface area contributed by atoms with Crippen molar-refractivity contribution in [3.63, 3.8) is 0 Å². The Kier molecular flexibility index (Phi) is 3.75. The van der Waals surface area contributed by atoms with Crippen molar-refractivity contribution < 1.29 is 4.79 Å². The van der Waals surface area contributed by atoms with Gasteiger partial charge in [0.2, 0.25) is 0 Å². The molecule has 4 nitrogen and oxygen atoms in total. The molecule has 1 aromatic heterocycles. The second-order valence-corrected chi connectivity index (χ2v) is 5.46. The van der Waals surface area contributed by atoms with E-state index in [1.807, 2.05) is 46.0 Å². The van der Waals surface area contributed by atoms with Crippen LogP contribution in [-0.4, -0.2) is 15.7 Å². The Morgan fingerprint density at radius 2 is 2.00 bits per heavy atom. The van der Waals surface area contributed by atoms with Gasteiger partial charge in [0.1, 0.15) is 0 Å². The Labute approximate surface area is 120 Å². The molecule has 100 valence electrons. The summed E-state index contributed by atoms with van der Waals surface area (Å²) < 4.78 is 2.58. The smallest absolute Gasteiger partial charge is 0.259 e. The Balaban J connectivity index is 2.33. The molecule has 1 heterocycles. The third-order valence-corrected chi connectivity index (χ3v) is 3.80. The number of hydrogen-bond donors (Lipinski definition) is 1. The van der Waals surface area contributed by atoms with Crippen molar-refractivity contribution in [2.75, 3.05) is 5.32 Å². The minimum Gasteiger partial charge on any atom is -0.321 e. The van der Waals surface area contributed by atoms with E-state index in [-0.39, 0.29) is 5.91 Å². The fraction of sp³-hybridized carbons (Fsp3) is 0.286. The van der Waals surface area contributed by atoms with Gasteiger partial charge in [-0.3, -0.25) is 9.48 Å². The fourth-order valence-electron chi connectivity index (χ4n) is 2.02. The van der Waals surface area contributed by atoms with Gasteiger partial charge in [-0.25, -0.2) is 0 Å². The van der Waals surface area contributed by atoms with Gasteiger partial charge in [0.05, 0.1) is 16.9 Å². The lowest BCUT2D eigenvalue weighted by Crippen LogP contribution is -2.14. The summed E-state index contributed by atoms with van der Waals surface area (Å²) in [5.41, 5.74) is 4.10. The van der Waals surface area contributed by atoms with E-state index in [2.05, 4.69) is 26.3 Å². The van der Waals surface area contributed by atoms with Crippen LogP contribution in [0.2, 0.25) is 0 Å². The molecule has 0 aliphatic heterocycles. The molecule has 2 aromatic rings. The molecule has 0 spiro atoms. The first-order chi connectivity index (χ1) is 8.90. The summed E-state index contributed by atoms with van der Waals surface area (Å²) in [5, 5.41) is 7.18. The molecule has 0 radical (unpaired) electrons. The van der Waals surface area contributed by atoms with Crippen LogP contribution in [0, 0.1) is 20.8 Å². The molecule has 19 heavy (non-hydrogen) atoms. The number of rotatable bonds is 2. The van der Waals surface area contributed by atoms with Crippen LogP contribution >= 0.6 is 15.9 Å². The van der Waals surface area contributed by atoms with Crippen LogP contribution in [0.5, 0.6) is 0 Å². The predicted molar refractivity (Wildman–Crippen MR) is 79.5 cm³/mol. The lowest BCUT2D eigenvalue weighted by Gasteiger charge is -2.08. The number of amides is 1. The Hall–Kier alpha value is -1.62. The Bertz CT molecular complexity index is 646. The summed E-state index contributed by atoms with van der Waals surface area (Å²) in [6, 6.07) is 5.84. The summed E-state index contributed by atoms with van der Waals surface area (Å²) >= 11 is 3.44. The number of halogens is 1. The predicted octanol–water partition coefficient (Wildman–Crippen LogP) is 3.36. The van der Waals surface area contributed by atoms with E-state index >= 15 is 0 Å². The summed E-state index contributed by atoms with van der Waals surface area (Å²) in [6.07, 6.45) is 0. The molecule has 0 saturated carbocycles. The van der Waals surface area contributed by atoms with Crippen molar-refractivity contribution in [3.05, 3.63) is 45.2 Å². The summed E-state index contributed by atoms with van der Waals surface area (Å²) in [4.78, 5) is 12.3. The van der Waals surface area contributed by atoms with Gasteiger partial charge in [0, 0.05) is 17.2 Å². The van der Waals surface area contributed by atoms with E-state index in [4.69, 9.17) is 0 Å². The van der Waals surface area contributed by atoms with E-state index in [1.165, 1.54) is 0 Å². The average Bonchev–Trinajstić information content (AvgIpc) is 2.58. The topological polar surface area (TPSA) is 46.9 Å². The Morgan fingerprint density at radius 3 is 2.58 bits per heavy atom. The highest BCUT2D eigenvalue weighted by atomic mass is 79.9. The number of carbonyl (C=O) groups excluding carboxylic acids is 1. The van der Waals surface area contributed by atoms with Gasteiger partial charge >= 0.3 is 0 Å². The monoisotopic (exact) mass is 321 g/mol. The lowest BCUT2D eigenvalue weighted by atomic mass is 10.1. The van der Waals surface area contributed by atoms with Gasteiger partial charge in [-0.1, -0.05) is 6.07 Å². The number of aromatic nitrogens is 2. The van der Waals surface area contributed by atoms with Crippen LogP contribution in [0.1, 0.15) is 27.3 Å². The van der Waals surface area contributed by atoms with Gasteiger partial charge in [-0.15, -0.1) is 0 Å². The zero-order valence-corrected chi connectivity index (χ0v) is 13.0. The molecule has 0 aliphatic rings. The molecule has 0 aliphatic carbocycles. The second-order valence-electron chi connectivity index (χ2n) is 4.61. The van der Waals surface area contributed by atoms with Gasteiger partial charge in [0.15, 0.2) is 0 Å². The third kappa shape index (κ3) is 2.71. The molecule has 0 atom stereocenters. The molecule has 0 fully saturated rings. The largest absolute Gasteiger partial charge is 0.321 e. The molecular formula is C14H16BrN3O. The zero-order valence-electron chi connectivity index (χ0n) is 11.4. The van der Waals surface area contributed by atoms with E-state index in [0.717, 1.165) is 27.1 Å². The van der Waals surface area contributed by atoms with Crippen LogP contribution in [0.15, 0.2) is 22.7 Å². The molecule has 1 aromatic carbocycles. The van der Waals surface area contributed by atoms with E-state index in [9.17, 15) is 4.79 Å². The first kappa shape index (κ1) is 13.8. The zero-order chi connectivity index (χ0) is 14.2. The normalized spacial score (nSPS) is 10.6. The fourth-order valence-corrected chi connectivity index (χ4v) is 2.37. The molecule has 1 N–H and O–H groups in total. The van der Waals surface area contributed by atoms with E-state index in [0.29, 0.717) is 5.56 Å². The van der Waals surface area contributed by atoms with Crippen LogP contribution in [-0.2, 0) is 7.05 Å². The number of benzene rings is 1. The quantitative estimate of drug-likeness (QED) is 0.921. The maximum atomic E-state index is 12.3. The van der Waals surface area contributed by atoms with Crippen molar-refractivity contribution in [2.24, 2.45) is 7.05 Å². The third-order valence-electron chi connectivity index (χ3n) is 3.11. The van der Waals surface area contributed by atoms with Crippen molar-refractivity contribution in [2.45, 2.75) is 20.8 Å². The number of nitrogens with one attached hydrogen (secondary N) is 1. The minimum absolute atomic E-state index is 0.130. The molecule has 2 rings (SSSR count). The van der Waals surface area contributed by atoms with Gasteiger partial charge in [0.25, 0.3) is 5.91 Å². The molecular weight excluding hydrogens is 306 g/mol. The van der Waals surface area contributed by atoms with Gasteiger partial charge < -0.3 is 5.32 Å². The summed E-state index contributed by atoms with van der Waals surface area (Å²) in [7, 11) is 1.84. The summed E-state index contributed by atoms with van der Waals surface area (Å²) in [5.74, 6) is -0.130. The molecule has 0 bridgehead atoms. The number of anilines is 1. The molecule has 0 saturated heterocycles.